The second kappa shape index (κ2) is 5.57. The highest BCUT2D eigenvalue weighted by atomic mass is 19.1. The van der Waals surface area contributed by atoms with E-state index in [1.165, 1.54) is 0 Å². The number of nitrogens with zero attached hydrogens (tertiary/aromatic N) is 1. The van der Waals surface area contributed by atoms with Gasteiger partial charge in [-0.05, 0) is 50.6 Å². The van der Waals surface area contributed by atoms with E-state index in [4.69, 9.17) is 0 Å². The summed E-state index contributed by atoms with van der Waals surface area (Å²) in [6.45, 7) is 1.89. The van der Waals surface area contributed by atoms with Crippen molar-refractivity contribution in [1.29, 1.82) is 0 Å². The van der Waals surface area contributed by atoms with Gasteiger partial charge < -0.3 is 4.90 Å². The average molecular weight is 253 g/mol. The molecule has 0 saturated carbocycles. The van der Waals surface area contributed by atoms with Crippen LogP contribution in [0.2, 0.25) is 0 Å². The summed E-state index contributed by atoms with van der Waals surface area (Å²) in [6, 6.07) is 3.03. The van der Waals surface area contributed by atoms with E-state index in [0.29, 0.717) is 6.42 Å². The van der Waals surface area contributed by atoms with Gasteiger partial charge in [0.2, 0.25) is 0 Å². The van der Waals surface area contributed by atoms with E-state index in [0.717, 1.165) is 44.1 Å². The lowest BCUT2D eigenvalue weighted by atomic mass is 9.91. The number of piperidine rings is 1. The van der Waals surface area contributed by atoms with Crippen LogP contribution in [0, 0.1) is 17.6 Å². The first kappa shape index (κ1) is 13.1. The zero-order valence-corrected chi connectivity index (χ0v) is 10.5. The third-order valence-corrected chi connectivity index (χ3v) is 3.42. The highest BCUT2D eigenvalue weighted by molar-refractivity contribution is 5.96. The van der Waals surface area contributed by atoms with E-state index in [1.54, 1.807) is 0 Å². The van der Waals surface area contributed by atoms with Crippen molar-refractivity contribution in [3.8, 4) is 0 Å². The molecule has 1 fully saturated rings. The summed E-state index contributed by atoms with van der Waals surface area (Å²) in [7, 11) is 2.01. The first-order chi connectivity index (χ1) is 8.56. The quantitative estimate of drug-likeness (QED) is 0.772. The summed E-state index contributed by atoms with van der Waals surface area (Å²) in [5.74, 6) is -1.25. The number of carbonyl (C=O) groups is 1. The number of likely N-dealkylation sites (tertiary alicyclic amines) is 1. The normalized spacial score (nSPS) is 20.9. The van der Waals surface area contributed by atoms with Crippen LogP contribution in [-0.4, -0.2) is 30.8 Å². The van der Waals surface area contributed by atoms with Crippen LogP contribution in [0.1, 0.15) is 29.6 Å². The minimum atomic E-state index is -0.634. The van der Waals surface area contributed by atoms with Crippen LogP contribution in [0.4, 0.5) is 8.78 Å². The van der Waals surface area contributed by atoms with Crippen molar-refractivity contribution < 1.29 is 13.6 Å². The molecule has 1 aromatic carbocycles. The minimum Gasteiger partial charge on any atom is -0.306 e. The van der Waals surface area contributed by atoms with Gasteiger partial charge in [0.1, 0.15) is 11.6 Å². The SMILES string of the molecule is CN1CCCC(CC(=O)c2cc(F)ccc2F)C1. The maximum Gasteiger partial charge on any atom is 0.166 e. The molecule has 1 aliphatic rings. The summed E-state index contributed by atoms with van der Waals surface area (Å²) in [4.78, 5) is 14.1. The Morgan fingerprint density at radius 1 is 1.44 bits per heavy atom. The third-order valence-electron chi connectivity index (χ3n) is 3.42. The molecule has 1 aliphatic heterocycles. The minimum absolute atomic E-state index is 0.122. The van der Waals surface area contributed by atoms with Gasteiger partial charge in [0, 0.05) is 13.0 Å². The largest absolute Gasteiger partial charge is 0.306 e. The highest BCUT2D eigenvalue weighted by Gasteiger charge is 2.22. The van der Waals surface area contributed by atoms with E-state index in [9.17, 15) is 13.6 Å². The molecule has 0 radical (unpaired) electrons. The Labute approximate surface area is 106 Å². The molecule has 0 spiro atoms. The number of ketones is 1. The van der Waals surface area contributed by atoms with E-state index >= 15 is 0 Å². The molecular formula is C14H17F2NO. The number of rotatable bonds is 3. The molecule has 1 unspecified atom stereocenters. The lowest BCUT2D eigenvalue weighted by Crippen LogP contribution is -2.33. The van der Waals surface area contributed by atoms with Crippen molar-refractivity contribution in [2.75, 3.05) is 20.1 Å². The van der Waals surface area contributed by atoms with E-state index in [-0.39, 0.29) is 17.3 Å². The van der Waals surface area contributed by atoms with Gasteiger partial charge in [-0.3, -0.25) is 4.79 Å². The van der Waals surface area contributed by atoms with Crippen molar-refractivity contribution in [3.05, 3.63) is 35.4 Å². The first-order valence-electron chi connectivity index (χ1n) is 6.23. The lowest BCUT2D eigenvalue weighted by molar-refractivity contribution is 0.0925. The summed E-state index contributed by atoms with van der Waals surface area (Å²) in [5.41, 5.74) is -0.122. The average Bonchev–Trinajstić information content (AvgIpc) is 2.32. The van der Waals surface area contributed by atoms with Crippen molar-refractivity contribution in [2.24, 2.45) is 5.92 Å². The standard InChI is InChI=1S/C14H17F2NO/c1-17-6-2-3-10(9-17)7-14(18)12-8-11(15)4-5-13(12)16/h4-5,8,10H,2-3,6-7,9H2,1H3. The fourth-order valence-electron chi connectivity index (χ4n) is 2.52. The Hall–Kier alpha value is -1.29. The van der Waals surface area contributed by atoms with Crippen LogP contribution in [0.5, 0.6) is 0 Å². The number of benzene rings is 1. The molecule has 0 aromatic heterocycles. The summed E-state index contributed by atoms with van der Waals surface area (Å²) >= 11 is 0. The Balaban J connectivity index is 2.05. The number of carbonyl (C=O) groups excluding carboxylic acids is 1. The number of hydrogen-bond donors (Lipinski definition) is 0. The molecule has 2 rings (SSSR count). The van der Waals surface area contributed by atoms with E-state index in [2.05, 4.69) is 4.90 Å². The molecule has 0 N–H and O–H groups in total. The summed E-state index contributed by atoms with van der Waals surface area (Å²) in [5, 5.41) is 0. The zero-order valence-electron chi connectivity index (χ0n) is 10.5. The fraction of sp³-hybridized carbons (Fsp3) is 0.500. The molecule has 0 bridgehead atoms. The van der Waals surface area contributed by atoms with Gasteiger partial charge in [-0.2, -0.15) is 0 Å². The topological polar surface area (TPSA) is 20.3 Å². The lowest BCUT2D eigenvalue weighted by Gasteiger charge is -2.29. The fourth-order valence-corrected chi connectivity index (χ4v) is 2.52. The molecular weight excluding hydrogens is 236 g/mol. The van der Waals surface area contributed by atoms with Crippen LogP contribution < -0.4 is 0 Å². The van der Waals surface area contributed by atoms with Crippen molar-refractivity contribution in [2.45, 2.75) is 19.3 Å². The van der Waals surface area contributed by atoms with E-state index < -0.39 is 11.6 Å². The van der Waals surface area contributed by atoms with Gasteiger partial charge in [-0.25, -0.2) is 8.78 Å². The first-order valence-corrected chi connectivity index (χ1v) is 6.23. The second-order valence-corrected chi connectivity index (χ2v) is 5.02. The van der Waals surface area contributed by atoms with Crippen molar-refractivity contribution >= 4 is 5.78 Å². The van der Waals surface area contributed by atoms with Crippen LogP contribution in [0.3, 0.4) is 0 Å². The highest BCUT2D eigenvalue weighted by Crippen LogP contribution is 2.22. The van der Waals surface area contributed by atoms with Gasteiger partial charge >= 0.3 is 0 Å². The van der Waals surface area contributed by atoms with Gasteiger partial charge in [0.25, 0.3) is 0 Å². The molecule has 18 heavy (non-hydrogen) atoms. The summed E-state index contributed by atoms with van der Waals surface area (Å²) < 4.78 is 26.5. The van der Waals surface area contributed by atoms with Gasteiger partial charge in [0.15, 0.2) is 5.78 Å². The van der Waals surface area contributed by atoms with Gasteiger partial charge in [0.05, 0.1) is 5.56 Å². The van der Waals surface area contributed by atoms with Crippen molar-refractivity contribution in [1.82, 2.24) is 4.90 Å². The van der Waals surface area contributed by atoms with E-state index in [1.807, 2.05) is 7.05 Å². The Morgan fingerprint density at radius 2 is 2.22 bits per heavy atom. The number of Topliss-reactive ketones (excluding diaryl/α,β-unsaturated/α-hetero) is 1. The molecule has 0 aliphatic carbocycles. The van der Waals surface area contributed by atoms with Crippen LogP contribution in [0.15, 0.2) is 18.2 Å². The van der Waals surface area contributed by atoms with Gasteiger partial charge in [-0.1, -0.05) is 0 Å². The predicted octanol–water partition coefficient (Wildman–Crippen LogP) is 2.88. The zero-order chi connectivity index (χ0) is 13.1. The van der Waals surface area contributed by atoms with Crippen molar-refractivity contribution in [3.63, 3.8) is 0 Å². The summed E-state index contributed by atoms with van der Waals surface area (Å²) in [6.07, 6.45) is 2.33. The maximum absolute atomic E-state index is 13.5. The molecule has 1 heterocycles. The number of halogens is 2. The number of hydrogen-bond acceptors (Lipinski definition) is 2. The molecule has 2 nitrogen and oxygen atoms in total. The smallest absolute Gasteiger partial charge is 0.166 e. The second-order valence-electron chi connectivity index (χ2n) is 5.02. The molecule has 4 heteroatoms. The molecule has 1 atom stereocenters. The maximum atomic E-state index is 13.5. The Bertz CT molecular complexity index is 447. The Kier molecular flexibility index (Phi) is 4.07. The molecule has 0 amide bonds. The molecule has 98 valence electrons. The van der Waals surface area contributed by atoms with Gasteiger partial charge in [-0.15, -0.1) is 0 Å². The molecule has 1 aromatic rings. The molecule has 1 saturated heterocycles. The third kappa shape index (κ3) is 3.13. The van der Waals surface area contributed by atoms with Crippen LogP contribution in [-0.2, 0) is 0 Å². The predicted molar refractivity (Wildman–Crippen MR) is 65.5 cm³/mol. The monoisotopic (exact) mass is 253 g/mol. The van der Waals surface area contributed by atoms with Crippen LogP contribution in [0.25, 0.3) is 0 Å². The van der Waals surface area contributed by atoms with Crippen LogP contribution >= 0.6 is 0 Å². The Morgan fingerprint density at radius 3 is 2.94 bits per heavy atom.